The van der Waals surface area contributed by atoms with E-state index in [2.05, 4.69) is 12.2 Å². The lowest BCUT2D eigenvalue weighted by Gasteiger charge is -2.32. The van der Waals surface area contributed by atoms with Crippen molar-refractivity contribution in [1.82, 2.24) is 10.2 Å². The monoisotopic (exact) mass is 610 g/mol. The molecule has 3 rings (SSSR count). The van der Waals surface area contributed by atoms with Gasteiger partial charge >= 0.3 is 0 Å². The number of amides is 2. The molecule has 0 aromatic heterocycles. The highest BCUT2D eigenvalue weighted by Gasteiger charge is 2.30. The minimum Gasteiger partial charge on any atom is -0.354 e. The Hall–Kier alpha value is -1.89. The Bertz CT molecular complexity index is 1230. The average Bonchev–Trinajstić information content (AvgIpc) is 2.90. The second-order valence-corrected chi connectivity index (χ2v) is 11.5. The van der Waals surface area contributed by atoms with Crippen LogP contribution in [0.2, 0.25) is 20.1 Å². The second-order valence-electron chi connectivity index (χ2n) is 8.85. The number of halogens is 4. The molecule has 1 N–H and O–H groups in total. The van der Waals surface area contributed by atoms with Gasteiger partial charge in [-0.05, 0) is 47.4 Å². The second kappa shape index (κ2) is 15.6. The Morgan fingerprint density at radius 2 is 1.66 bits per heavy atom. The van der Waals surface area contributed by atoms with E-state index >= 15 is 0 Å². The zero-order chi connectivity index (χ0) is 27.5. The zero-order valence-electron chi connectivity index (χ0n) is 21.1. The summed E-state index contributed by atoms with van der Waals surface area (Å²) in [6.45, 7) is 2.80. The van der Waals surface area contributed by atoms with Gasteiger partial charge < -0.3 is 10.2 Å². The zero-order valence-corrected chi connectivity index (χ0v) is 24.9. The predicted octanol–water partition coefficient (Wildman–Crippen LogP) is 8.09. The van der Waals surface area contributed by atoms with Crippen LogP contribution in [-0.4, -0.2) is 35.1 Å². The molecule has 0 saturated heterocycles. The minimum absolute atomic E-state index is 0.160. The number of carbonyl (C=O) groups is 2. The van der Waals surface area contributed by atoms with E-state index in [1.165, 1.54) is 11.8 Å². The van der Waals surface area contributed by atoms with E-state index in [-0.39, 0.29) is 24.1 Å². The summed E-state index contributed by atoms with van der Waals surface area (Å²) in [4.78, 5) is 28.8. The first-order valence-electron chi connectivity index (χ1n) is 12.3. The lowest BCUT2D eigenvalue weighted by Crippen LogP contribution is -2.51. The standard InChI is InChI=1S/C29H30Cl4N2O2S/c1-2-3-13-34-29(37)27(15-20-7-5-4-6-8-20)35(17-22-10-11-23(30)16-25(22)32)28(36)19-38-18-21-9-12-24(31)26(33)14-21/h4-12,14,16,27H,2-3,13,15,17-19H2,1H3,(H,34,37). The number of unbranched alkanes of at least 4 members (excludes halogenated alkanes) is 1. The number of thioether (sulfide) groups is 1. The Balaban J connectivity index is 1.86. The Kier molecular flexibility index (Phi) is 12.6. The minimum atomic E-state index is -0.709. The summed E-state index contributed by atoms with van der Waals surface area (Å²) in [6, 6.07) is 19.6. The molecule has 9 heteroatoms. The van der Waals surface area contributed by atoms with Gasteiger partial charge in [0.15, 0.2) is 0 Å². The fraction of sp³-hybridized carbons (Fsp3) is 0.310. The van der Waals surface area contributed by atoms with Crippen molar-refractivity contribution in [2.75, 3.05) is 12.3 Å². The maximum Gasteiger partial charge on any atom is 0.243 e. The van der Waals surface area contributed by atoms with Crippen molar-refractivity contribution in [2.24, 2.45) is 0 Å². The summed E-state index contributed by atoms with van der Waals surface area (Å²) >= 11 is 26.2. The van der Waals surface area contributed by atoms with Gasteiger partial charge in [0.05, 0.1) is 15.8 Å². The van der Waals surface area contributed by atoms with Crippen LogP contribution in [0.4, 0.5) is 0 Å². The lowest BCUT2D eigenvalue weighted by molar-refractivity contribution is -0.139. The highest BCUT2D eigenvalue weighted by Crippen LogP contribution is 2.27. The van der Waals surface area contributed by atoms with Gasteiger partial charge in [-0.15, -0.1) is 11.8 Å². The molecule has 0 fully saturated rings. The van der Waals surface area contributed by atoms with Crippen LogP contribution < -0.4 is 5.32 Å². The maximum atomic E-state index is 13.7. The van der Waals surface area contributed by atoms with Crippen LogP contribution in [0.15, 0.2) is 66.7 Å². The third kappa shape index (κ3) is 9.39. The summed E-state index contributed by atoms with van der Waals surface area (Å²) in [5.74, 6) is 0.409. The molecular formula is C29H30Cl4N2O2S. The number of nitrogens with one attached hydrogen (secondary N) is 1. The smallest absolute Gasteiger partial charge is 0.243 e. The van der Waals surface area contributed by atoms with Crippen LogP contribution in [0, 0.1) is 0 Å². The van der Waals surface area contributed by atoms with Crippen LogP contribution in [0.5, 0.6) is 0 Å². The van der Waals surface area contributed by atoms with E-state index in [1.54, 1.807) is 35.2 Å². The van der Waals surface area contributed by atoms with Crippen molar-refractivity contribution < 1.29 is 9.59 Å². The largest absolute Gasteiger partial charge is 0.354 e. The molecule has 0 aliphatic carbocycles. The number of rotatable bonds is 13. The molecule has 0 bridgehead atoms. The van der Waals surface area contributed by atoms with E-state index in [0.717, 1.165) is 29.5 Å². The summed E-state index contributed by atoms with van der Waals surface area (Å²) in [6.07, 6.45) is 2.20. The first kappa shape index (κ1) is 30.6. The Morgan fingerprint density at radius 1 is 0.895 bits per heavy atom. The van der Waals surface area contributed by atoms with Gasteiger partial charge in [0, 0.05) is 35.3 Å². The summed E-state index contributed by atoms with van der Waals surface area (Å²) in [5.41, 5.74) is 2.65. The molecule has 202 valence electrons. The molecule has 0 aliphatic rings. The fourth-order valence-electron chi connectivity index (χ4n) is 3.86. The number of nitrogens with zero attached hydrogens (tertiary/aromatic N) is 1. The van der Waals surface area contributed by atoms with Crippen LogP contribution in [0.3, 0.4) is 0 Å². The van der Waals surface area contributed by atoms with Gasteiger partial charge in [0.2, 0.25) is 11.8 Å². The summed E-state index contributed by atoms with van der Waals surface area (Å²) in [5, 5.41) is 4.94. The third-order valence-corrected chi connectivity index (χ3v) is 8.25. The van der Waals surface area contributed by atoms with Gasteiger partial charge in [0.1, 0.15) is 6.04 Å². The molecule has 4 nitrogen and oxygen atoms in total. The first-order valence-corrected chi connectivity index (χ1v) is 15.0. The van der Waals surface area contributed by atoms with Crippen LogP contribution >= 0.6 is 58.2 Å². The Morgan fingerprint density at radius 3 is 2.34 bits per heavy atom. The number of carbonyl (C=O) groups excluding carboxylic acids is 2. The van der Waals surface area contributed by atoms with E-state index < -0.39 is 6.04 Å². The van der Waals surface area contributed by atoms with E-state index in [1.807, 2.05) is 36.4 Å². The molecule has 1 unspecified atom stereocenters. The van der Waals surface area contributed by atoms with Crippen molar-refractivity contribution in [3.63, 3.8) is 0 Å². The van der Waals surface area contributed by atoms with Gasteiger partial charge in [-0.1, -0.05) is 102 Å². The van der Waals surface area contributed by atoms with Crippen molar-refractivity contribution in [3.05, 3.63) is 104 Å². The molecule has 0 spiro atoms. The molecule has 0 radical (unpaired) electrons. The van der Waals surface area contributed by atoms with Gasteiger partial charge in [0.25, 0.3) is 0 Å². The molecule has 3 aromatic rings. The third-order valence-electron chi connectivity index (χ3n) is 5.93. The van der Waals surface area contributed by atoms with Crippen LogP contribution in [0.1, 0.15) is 36.5 Å². The van der Waals surface area contributed by atoms with Crippen LogP contribution in [-0.2, 0) is 28.3 Å². The predicted molar refractivity (Wildman–Crippen MR) is 161 cm³/mol. The average molecular weight is 612 g/mol. The molecule has 0 saturated carbocycles. The van der Waals surface area contributed by atoms with Gasteiger partial charge in [-0.25, -0.2) is 0 Å². The Labute approximate surface area is 249 Å². The summed E-state index contributed by atoms with van der Waals surface area (Å²) in [7, 11) is 0. The molecule has 3 aromatic carbocycles. The normalized spacial score (nSPS) is 11.7. The highest BCUT2D eigenvalue weighted by molar-refractivity contribution is 7.99. The number of hydrogen-bond acceptors (Lipinski definition) is 3. The van der Waals surface area contributed by atoms with Crippen LogP contribution in [0.25, 0.3) is 0 Å². The topological polar surface area (TPSA) is 49.4 Å². The molecule has 1 atom stereocenters. The van der Waals surface area contributed by atoms with E-state index in [4.69, 9.17) is 46.4 Å². The summed E-state index contributed by atoms with van der Waals surface area (Å²) < 4.78 is 0. The van der Waals surface area contributed by atoms with Gasteiger partial charge in [-0.3, -0.25) is 9.59 Å². The van der Waals surface area contributed by atoms with E-state index in [0.29, 0.717) is 38.8 Å². The highest BCUT2D eigenvalue weighted by atomic mass is 35.5. The molecule has 0 heterocycles. The fourth-order valence-corrected chi connectivity index (χ4v) is 5.51. The van der Waals surface area contributed by atoms with Crippen molar-refractivity contribution in [3.8, 4) is 0 Å². The number of benzene rings is 3. The van der Waals surface area contributed by atoms with Crippen molar-refractivity contribution in [2.45, 2.75) is 44.5 Å². The molecule has 0 aliphatic heterocycles. The quantitative estimate of drug-likeness (QED) is 0.199. The molecule has 2 amide bonds. The molecule has 38 heavy (non-hydrogen) atoms. The molecular weight excluding hydrogens is 582 g/mol. The van der Waals surface area contributed by atoms with Gasteiger partial charge in [-0.2, -0.15) is 0 Å². The SMILES string of the molecule is CCCCNC(=O)C(Cc1ccccc1)N(Cc1ccc(Cl)cc1Cl)C(=O)CSCc1ccc(Cl)c(Cl)c1. The van der Waals surface area contributed by atoms with Crippen molar-refractivity contribution in [1.29, 1.82) is 0 Å². The first-order chi connectivity index (χ1) is 18.3. The number of hydrogen-bond donors (Lipinski definition) is 1. The lowest BCUT2D eigenvalue weighted by atomic mass is 10.0. The maximum absolute atomic E-state index is 13.7. The van der Waals surface area contributed by atoms with Crippen molar-refractivity contribution >= 4 is 70.0 Å². The van der Waals surface area contributed by atoms with E-state index in [9.17, 15) is 9.59 Å².